The topological polar surface area (TPSA) is 55.5 Å². The van der Waals surface area contributed by atoms with Crippen LogP contribution >= 0.6 is 0 Å². The standard InChI is InChI=1S/C17H27NO2/c1-12(2)16-7-6-14(9-13(16)3)20-15-5-4-8-17(18,10-15)11-19/h6-7,9,12,15,19H,4-5,8,10-11,18H2,1-3H3. The van der Waals surface area contributed by atoms with Gasteiger partial charge in [-0.25, -0.2) is 0 Å². The molecule has 1 aliphatic rings. The lowest BCUT2D eigenvalue weighted by molar-refractivity contribution is 0.0728. The Morgan fingerprint density at radius 3 is 2.80 bits per heavy atom. The summed E-state index contributed by atoms with van der Waals surface area (Å²) in [6.07, 6.45) is 3.77. The van der Waals surface area contributed by atoms with Crippen molar-refractivity contribution in [1.82, 2.24) is 0 Å². The van der Waals surface area contributed by atoms with Crippen molar-refractivity contribution in [1.29, 1.82) is 0 Å². The summed E-state index contributed by atoms with van der Waals surface area (Å²) < 4.78 is 6.08. The van der Waals surface area contributed by atoms with Crippen molar-refractivity contribution in [2.75, 3.05) is 6.61 Å². The van der Waals surface area contributed by atoms with Crippen molar-refractivity contribution < 1.29 is 9.84 Å². The van der Waals surface area contributed by atoms with Gasteiger partial charge in [-0.1, -0.05) is 19.9 Å². The number of aliphatic hydroxyl groups excluding tert-OH is 1. The first-order chi connectivity index (χ1) is 9.43. The van der Waals surface area contributed by atoms with Gasteiger partial charge in [-0.05, 0) is 55.4 Å². The third kappa shape index (κ3) is 3.53. The summed E-state index contributed by atoms with van der Waals surface area (Å²) in [7, 11) is 0. The van der Waals surface area contributed by atoms with Crippen LogP contribution < -0.4 is 10.5 Å². The predicted octanol–water partition coefficient (Wildman–Crippen LogP) is 3.13. The zero-order valence-corrected chi connectivity index (χ0v) is 12.9. The second-order valence-electron chi connectivity index (χ2n) is 6.53. The molecule has 0 amide bonds. The van der Waals surface area contributed by atoms with Crippen molar-refractivity contribution in [3.8, 4) is 5.75 Å². The van der Waals surface area contributed by atoms with Crippen LogP contribution in [0.15, 0.2) is 18.2 Å². The SMILES string of the molecule is Cc1cc(OC2CCCC(N)(CO)C2)ccc1C(C)C. The van der Waals surface area contributed by atoms with Crippen LogP contribution in [0.1, 0.15) is 56.6 Å². The molecule has 2 atom stereocenters. The minimum atomic E-state index is -0.462. The van der Waals surface area contributed by atoms with Gasteiger partial charge in [-0.15, -0.1) is 0 Å². The van der Waals surface area contributed by atoms with Crippen molar-refractivity contribution in [2.24, 2.45) is 5.73 Å². The third-order valence-corrected chi connectivity index (χ3v) is 4.32. The van der Waals surface area contributed by atoms with Crippen molar-refractivity contribution in [3.05, 3.63) is 29.3 Å². The number of nitrogens with two attached hydrogens (primary N) is 1. The molecule has 1 aromatic rings. The largest absolute Gasteiger partial charge is 0.490 e. The van der Waals surface area contributed by atoms with Crippen LogP contribution in [0.5, 0.6) is 5.75 Å². The molecule has 2 unspecified atom stereocenters. The Bertz CT molecular complexity index is 458. The molecule has 112 valence electrons. The Morgan fingerprint density at radius 2 is 2.20 bits per heavy atom. The molecule has 0 spiro atoms. The average Bonchev–Trinajstić information content (AvgIpc) is 2.38. The van der Waals surface area contributed by atoms with E-state index in [-0.39, 0.29) is 12.7 Å². The fraction of sp³-hybridized carbons (Fsp3) is 0.647. The van der Waals surface area contributed by atoms with Crippen molar-refractivity contribution in [3.63, 3.8) is 0 Å². The fourth-order valence-corrected chi connectivity index (χ4v) is 3.15. The Morgan fingerprint density at radius 1 is 1.45 bits per heavy atom. The van der Waals surface area contributed by atoms with Crippen LogP contribution in [0.4, 0.5) is 0 Å². The smallest absolute Gasteiger partial charge is 0.120 e. The highest BCUT2D eigenvalue weighted by Crippen LogP contribution is 2.30. The monoisotopic (exact) mass is 277 g/mol. The molecule has 0 saturated heterocycles. The molecule has 1 aliphatic carbocycles. The second-order valence-corrected chi connectivity index (χ2v) is 6.53. The number of rotatable bonds is 4. The van der Waals surface area contributed by atoms with E-state index in [9.17, 15) is 5.11 Å². The molecule has 0 aromatic heterocycles. The normalized spacial score (nSPS) is 26.8. The van der Waals surface area contributed by atoms with Gasteiger partial charge in [0.15, 0.2) is 0 Å². The lowest BCUT2D eigenvalue weighted by Gasteiger charge is -2.36. The van der Waals surface area contributed by atoms with Gasteiger partial charge in [-0.3, -0.25) is 0 Å². The maximum absolute atomic E-state index is 9.40. The molecule has 2 rings (SSSR count). The highest BCUT2D eigenvalue weighted by Gasteiger charge is 2.33. The quantitative estimate of drug-likeness (QED) is 0.889. The maximum Gasteiger partial charge on any atom is 0.120 e. The van der Waals surface area contributed by atoms with E-state index in [1.165, 1.54) is 11.1 Å². The molecule has 20 heavy (non-hydrogen) atoms. The van der Waals surface area contributed by atoms with Crippen molar-refractivity contribution in [2.45, 2.75) is 64.0 Å². The third-order valence-electron chi connectivity index (χ3n) is 4.32. The molecular weight excluding hydrogens is 250 g/mol. The Kier molecular flexibility index (Phi) is 4.71. The molecule has 1 saturated carbocycles. The van der Waals surface area contributed by atoms with Crippen LogP contribution in [0.2, 0.25) is 0 Å². The Labute approximate surface area is 122 Å². The minimum Gasteiger partial charge on any atom is -0.490 e. The number of aryl methyl sites for hydroxylation is 1. The van der Waals surface area contributed by atoms with E-state index in [4.69, 9.17) is 10.5 Å². The van der Waals surface area contributed by atoms with Gasteiger partial charge < -0.3 is 15.6 Å². The number of benzene rings is 1. The van der Waals surface area contributed by atoms with Crippen LogP contribution in [-0.4, -0.2) is 23.4 Å². The highest BCUT2D eigenvalue weighted by atomic mass is 16.5. The maximum atomic E-state index is 9.40. The summed E-state index contributed by atoms with van der Waals surface area (Å²) in [4.78, 5) is 0. The van der Waals surface area contributed by atoms with E-state index in [1.807, 2.05) is 6.07 Å². The molecule has 0 aliphatic heterocycles. The molecule has 1 aromatic carbocycles. The van der Waals surface area contributed by atoms with E-state index in [2.05, 4.69) is 32.9 Å². The number of ether oxygens (including phenoxy) is 1. The van der Waals surface area contributed by atoms with Gasteiger partial charge in [0, 0.05) is 12.0 Å². The zero-order valence-electron chi connectivity index (χ0n) is 12.9. The van der Waals surface area contributed by atoms with Crippen LogP contribution in [-0.2, 0) is 0 Å². The lowest BCUT2D eigenvalue weighted by Crippen LogP contribution is -2.50. The average molecular weight is 277 g/mol. The van der Waals surface area contributed by atoms with Crippen LogP contribution in [0.3, 0.4) is 0 Å². The first kappa shape index (κ1) is 15.3. The van der Waals surface area contributed by atoms with Gasteiger partial charge in [0.1, 0.15) is 11.9 Å². The summed E-state index contributed by atoms with van der Waals surface area (Å²) in [6.45, 7) is 6.57. The van der Waals surface area contributed by atoms with E-state index < -0.39 is 5.54 Å². The zero-order chi connectivity index (χ0) is 14.8. The molecular formula is C17H27NO2. The number of hydrogen-bond donors (Lipinski definition) is 2. The van der Waals surface area contributed by atoms with Gasteiger partial charge >= 0.3 is 0 Å². The first-order valence-electron chi connectivity index (χ1n) is 7.60. The van der Waals surface area contributed by atoms with Gasteiger partial charge in [0.05, 0.1) is 6.61 Å². The molecule has 3 heteroatoms. The van der Waals surface area contributed by atoms with E-state index >= 15 is 0 Å². The minimum absolute atomic E-state index is 0.0399. The van der Waals surface area contributed by atoms with E-state index in [0.717, 1.165) is 31.4 Å². The molecule has 0 bridgehead atoms. The second kappa shape index (κ2) is 6.15. The summed E-state index contributed by atoms with van der Waals surface area (Å²) in [6, 6.07) is 6.31. The van der Waals surface area contributed by atoms with Crippen LogP contribution in [0.25, 0.3) is 0 Å². The van der Waals surface area contributed by atoms with Crippen LogP contribution in [0, 0.1) is 6.92 Å². The highest BCUT2D eigenvalue weighted by molar-refractivity contribution is 5.36. The van der Waals surface area contributed by atoms with E-state index in [1.54, 1.807) is 0 Å². The van der Waals surface area contributed by atoms with Gasteiger partial charge in [-0.2, -0.15) is 0 Å². The summed E-state index contributed by atoms with van der Waals surface area (Å²) in [5.41, 5.74) is 8.34. The Hall–Kier alpha value is -1.06. The predicted molar refractivity (Wildman–Crippen MR) is 82.2 cm³/mol. The first-order valence-corrected chi connectivity index (χ1v) is 7.60. The molecule has 3 N–H and O–H groups in total. The summed E-state index contributed by atoms with van der Waals surface area (Å²) in [5, 5.41) is 9.40. The lowest BCUT2D eigenvalue weighted by atomic mass is 9.81. The molecule has 3 nitrogen and oxygen atoms in total. The number of hydrogen-bond acceptors (Lipinski definition) is 3. The summed E-state index contributed by atoms with van der Waals surface area (Å²) in [5.74, 6) is 1.45. The van der Waals surface area contributed by atoms with Gasteiger partial charge in [0.25, 0.3) is 0 Å². The Balaban J connectivity index is 2.05. The van der Waals surface area contributed by atoms with Gasteiger partial charge in [0.2, 0.25) is 0 Å². The molecule has 1 fully saturated rings. The van der Waals surface area contributed by atoms with Crippen molar-refractivity contribution >= 4 is 0 Å². The molecule has 0 radical (unpaired) electrons. The fourth-order valence-electron chi connectivity index (χ4n) is 3.15. The summed E-state index contributed by atoms with van der Waals surface area (Å²) >= 11 is 0. The number of aliphatic hydroxyl groups is 1. The molecule has 0 heterocycles. The van der Waals surface area contributed by atoms with E-state index in [0.29, 0.717) is 5.92 Å².